The number of nitrogens with zero attached hydrogens (tertiary/aromatic N) is 4. The molecular formula is C41H24N4O4. The van der Waals surface area contributed by atoms with Gasteiger partial charge in [0.2, 0.25) is 24.3 Å². The zero-order valence-electron chi connectivity index (χ0n) is 25.8. The van der Waals surface area contributed by atoms with Gasteiger partial charge in [0.25, 0.3) is 0 Å². The highest BCUT2D eigenvalue weighted by molar-refractivity contribution is 5.76. The van der Waals surface area contributed by atoms with Crippen molar-refractivity contribution < 1.29 is 19.2 Å². The van der Waals surface area contributed by atoms with Crippen LogP contribution in [0.1, 0.15) is 22.6 Å². The fourth-order valence-corrected chi connectivity index (χ4v) is 5.82. The lowest BCUT2D eigenvalue weighted by Crippen LogP contribution is -2.05. The van der Waals surface area contributed by atoms with Crippen molar-refractivity contribution in [1.82, 2.24) is 0 Å². The van der Waals surface area contributed by atoms with Crippen molar-refractivity contribution in [3.63, 3.8) is 0 Å². The van der Waals surface area contributed by atoms with Crippen molar-refractivity contribution in [3.8, 4) is 33.4 Å². The van der Waals surface area contributed by atoms with Crippen LogP contribution in [0.2, 0.25) is 0 Å². The van der Waals surface area contributed by atoms with Gasteiger partial charge < -0.3 is 0 Å². The first-order chi connectivity index (χ1) is 24.1. The average molecular weight is 637 g/mol. The standard InChI is InChI=1S/C41H24N4O4/c46-24-42-35-16-10-30(11-17-35)33-14-20-39(44-26-48)37(22-33)41(32-8-6-29(7-9-32)28-4-2-1-3-5-28)38-23-34(15-21-40(38)45-27-49)31-12-18-36(19-13-31)43-25-47/h1-23,41H. The molecule has 0 aliphatic heterocycles. The lowest BCUT2D eigenvalue weighted by atomic mass is 9.81. The summed E-state index contributed by atoms with van der Waals surface area (Å²) in [4.78, 5) is 60.5. The molecule has 6 aromatic carbocycles. The van der Waals surface area contributed by atoms with E-state index in [0.717, 1.165) is 38.9 Å². The van der Waals surface area contributed by atoms with Crippen LogP contribution in [0.5, 0.6) is 0 Å². The number of aliphatic imine (C=N–C) groups is 4. The van der Waals surface area contributed by atoms with Gasteiger partial charge in [0.05, 0.1) is 22.7 Å². The van der Waals surface area contributed by atoms with Gasteiger partial charge in [0, 0.05) is 5.92 Å². The Kier molecular flexibility index (Phi) is 9.71. The molecule has 232 valence electrons. The summed E-state index contributed by atoms with van der Waals surface area (Å²) in [5.41, 5.74) is 9.27. The Labute approximate surface area is 281 Å². The van der Waals surface area contributed by atoms with Crippen molar-refractivity contribution in [2.24, 2.45) is 20.0 Å². The number of isocyanates is 4. The molecule has 0 heterocycles. The van der Waals surface area contributed by atoms with Gasteiger partial charge in [-0.3, -0.25) is 0 Å². The van der Waals surface area contributed by atoms with Gasteiger partial charge in [-0.05, 0) is 98.6 Å². The molecule has 0 bridgehead atoms. The highest BCUT2D eigenvalue weighted by atomic mass is 16.1. The quantitative estimate of drug-likeness (QED) is 0.0845. The lowest BCUT2D eigenvalue weighted by Gasteiger charge is -2.23. The van der Waals surface area contributed by atoms with E-state index in [2.05, 4.69) is 20.0 Å². The molecule has 0 atom stereocenters. The van der Waals surface area contributed by atoms with Crippen LogP contribution >= 0.6 is 0 Å². The number of hydrogen-bond donors (Lipinski definition) is 0. The zero-order chi connectivity index (χ0) is 34.0. The molecule has 0 saturated carbocycles. The Morgan fingerprint density at radius 2 is 0.735 bits per heavy atom. The Morgan fingerprint density at radius 1 is 0.367 bits per heavy atom. The predicted molar refractivity (Wildman–Crippen MR) is 188 cm³/mol. The lowest BCUT2D eigenvalue weighted by molar-refractivity contribution is 0.564. The smallest absolute Gasteiger partial charge is 0.211 e. The number of carbonyl (C=O) groups excluding carboxylic acids is 4. The third-order valence-corrected chi connectivity index (χ3v) is 8.11. The van der Waals surface area contributed by atoms with Crippen molar-refractivity contribution in [2.75, 3.05) is 0 Å². The average Bonchev–Trinajstić information content (AvgIpc) is 3.15. The molecule has 0 aliphatic rings. The molecule has 0 radical (unpaired) electrons. The summed E-state index contributed by atoms with van der Waals surface area (Å²) in [6.07, 6.45) is 6.48. The Balaban J connectivity index is 1.59. The van der Waals surface area contributed by atoms with E-state index in [0.29, 0.717) is 33.9 Å². The van der Waals surface area contributed by atoms with Gasteiger partial charge in [-0.1, -0.05) is 91.0 Å². The van der Waals surface area contributed by atoms with Crippen molar-refractivity contribution >= 4 is 47.1 Å². The van der Waals surface area contributed by atoms with E-state index in [1.54, 1.807) is 60.7 Å². The van der Waals surface area contributed by atoms with Crippen LogP contribution in [0, 0.1) is 0 Å². The monoisotopic (exact) mass is 636 g/mol. The molecule has 6 rings (SSSR count). The zero-order valence-corrected chi connectivity index (χ0v) is 25.8. The first kappa shape index (κ1) is 31.8. The minimum absolute atomic E-state index is 0.389. The van der Waals surface area contributed by atoms with Crippen LogP contribution < -0.4 is 0 Å². The van der Waals surface area contributed by atoms with Crippen molar-refractivity contribution in [2.45, 2.75) is 5.92 Å². The molecule has 0 saturated heterocycles. The molecule has 0 spiro atoms. The van der Waals surface area contributed by atoms with Gasteiger partial charge in [-0.25, -0.2) is 19.2 Å². The van der Waals surface area contributed by atoms with E-state index >= 15 is 0 Å². The molecule has 8 nitrogen and oxygen atoms in total. The van der Waals surface area contributed by atoms with Gasteiger partial charge in [-0.2, -0.15) is 20.0 Å². The minimum atomic E-state index is -0.568. The Bertz CT molecular complexity index is 2200. The van der Waals surface area contributed by atoms with Crippen LogP contribution in [0.4, 0.5) is 22.7 Å². The van der Waals surface area contributed by atoms with E-state index < -0.39 is 5.92 Å². The molecule has 0 N–H and O–H groups in total. The molecule has 0 aliphatic carbocycles. The number of hydrogen-bond acceptors (Lipinski definition) is 8. The molecule has 0 fully saturated rings. The summed E-state index contributed by atoms with van der Waals surface area (Å²) < 4.78 is 0. The van der Waals surface area contributed by atoms with Crippen LogP contribution in [-0.4, -0.2) is 24.3 Å². The second kappa shape index (κ2) is 15.0. The SMILES string of the molecule is O=C=Nc1ccc(-c2ccc(N=C=O)c(C(c3ccc(-c4ccccc4)cc3)c3cc(-c4ccc(N=C=O)cc4)ccc3N=C=O)c2)cc1. The van der Waals surface area contributed by atoms with Gasteiger partial charge in [-0.15, -0.1) is 0 Å². The van der Waals surface area contributed by atoms with E-state index in [1.165, 1.54) is 0 Å². The summed E-state index contributed by atoms with van der Waals surface area (Å²) in [6.45, 7) is 0. The van der Waals surface area contributed by atoms with E-state index in [4.69, 9.17) is 0 Å². The number of rotatable bonds is 10. The van der Waals surface area contributed by atoms with Gasteiger partial charge in [0.15, 0.2) is 0 Å². The van der Waals surface area contributed by atoms with Crippen LogP contribution in [-0.2, 0) is 19.2 Å². The van der Waals surface area contributed by atoms with Gasteiger partial charge in [0.1, 0.15) is 0 Å². The molecule has 6 aromatic rings. The third kappa shape index (κ3) is 7.15. The Hall–Kier alpha value is -7.16. The van der Waals surface area contributed by atoms with E-state index in [1.807, 2.05) is 103 Å². The second-order valence-corrected chi connectivity index (χ2v) is 10.9. The maximum absolute atomic E-state index is 11.7. The summed E-state index contributed by atoms with van der Waals surface area (Å²) in [7, 11) is 0. The highest BCUT2D eigenvalue weighted by Gasteiger charge is 2.25. The summed E-state index contributed by atoms with van der Waals surface area (Å²) in [5.74, 6) is -0.568. The number of benzene rings is 6. The van der Waals surface area contributed by atoms with Crippen molar-refractivity contribution in [1.29, 1.82) is 0 Å². The maximum Gasteiger partial charge on any atom is 0.240 e. The van der Waals surface area contributed by atoms with E-state index in [-0.39, 0.29) is 0 Å². The first-order valence-corrected chi connectivity index (χ1v) is 15.1. The second-order valence-electron chi connectivity index (χ2n) is 10.9. The summed E-state index contributed by atoms with van der Waals surface area (Å²) in [5, 5.41) is 0. The van der Waals surface area contributed by atoms with Crippen LogP contribution in [0.25, 0.3) is 33.4 Å². The van der Waals surface area contributed by atoms with Crippen LogP contribution in [0.15, 0.2) is 159 Å². The van der Waals surface area contributed by atoms with Gasteiger partial charge >= 0.3 is 0 Å². The molecule has 0 unspecified atom stereocenters. The highest BCUT2D eigenvalue weighted by Crippen LogP contribution is 2.44. The fourth-order valence-electron chi connectivity index (χ4n) is 5.82. The third-order valence-electron chi connectivity index (χ3n) is 8.11. The molecule has 49 heavy (non-hydrogen) atoms. The van der Waals surface area contributed by atoms with E-state index in [9.17, 15) is 19.2 Å². The molecule has 8 heteroatoms. The normalized spacial score (nSPS) is 10.8. The fraction of sp³-hybridized carbons (Fsp3) is 0.0244. The summed E-state index contributed by atoms with van der Waals surface area (Å²) in [6, 6.07) is 43.3. The molecular weight excluding hydrogens is 612 g/mol. The topological polar surface area (TPSA) is 118 Å². The Morgan fingerprint density at radius 3 is 1.16 bits per heavy atom. The predicted octanol–water partition coefficient (Wildman–Crippen LogP) is 9.74. The summed E-state index contributed by atoms with van der Waals surface area (Å²) >= 11 is 0. The largest absolute Gasteiger partial charge is 0.240 e. The maximum atomic E-state index is 11.7. The van der Waals surface area contributed by atoms with Crippen LogP contribution in [0.3, 0.4) is 0 Å². The van der Waals surface area contributed by atoms with Crippen molar-refractivity contribution in [3.05, 3.63) is 156 Å². The minimum Gasteiger partial charge on any atom is -0.211 e. The first-order valence-electron chi connectivity index (χ1n) is 15.1. The molecule has 0 aromatic heterocycles. The molecule has 0 amide bonds.